The van der Waals surface area contributed by atoms with Gasteiger partial charge in [0.2, 0.25) is 0 Å². The highest BCUT2D eigenvalue weighted by molar-refractivity contribution is 4.87. The van der Waals surface area contributed by atoms with E-state index in [1.54, 1.807) is 0 Å². The van der Waals surface area contributed by atoms with Gasteiger partial charge in [0.1, 0.15) is 0 Å². The molecule has 2 aliphatic carbocycles. The lowest BCUT2D eigenvalue weighted by Crippen LogP contribution is -2.44. The molecule has 2 rings (SSSR count). The van der Waals surface area contributed by atoms with E-state index in [9.17, 15) is 0 Å². The quantitative estimate of drug-likeness (QED) is 0.750. The molecule has 0 radical (unpaired) electrons. The molecule has 82 valence electrons. The number of ether oxygens (including phenoxy) is 1. The van der Waals surface area contributed by atoms with Gasteiger partial charge in [0.05, 0.1) is 6.10 Å². The highest BCUT2D eigenvalue weighted by atomic mass is 16.5. The summed E-state index contributed by atoms with van der Waals surface area (Å²) in [5, 5.41) is 3.79. The van der Waals surface area contributed by atoms with E-state index in [1.165, 1.54) is 51.4 Å². The van der Waals surface area contributed by atoms with Crippen molar-refractivity contribution in [2.75, 3.05) is 7.11 Å². The van der Waals surface area contributed by atoms with Crippen LogP contribution < -0.4 is 5.32 Å². The fourth-order valence-corrected chi connectivity index (χ4v) is 2.97. The highest BCUT2D eigenvalue weighted by Crippen LogP contribution is 2.25. The normalized spacial score (nSPS) is 34.9. The van der Waals surface area contributed by atoms with Crippen LogP contribution in [0.2, 0.25) is 0 Å². The van der Waals surface area contributed by atoms with Gasteiger partial charge in [0.25, 0.3) is 0 Å². The van der Waals surface area contributed by atoms with Crippen LogP contribution in [0, 0.1) is 0 Å². The summed E-state index contributed by atoms with van der Waals surface area (Å²) in [4.78, 5) is 0. The maximum atomic E-state index is 5.50. The Hall–Kier alpha value is -0.0800. The predicted molar refractivity (Wildman–Crippen MR) is 58.4 cm³/mol. The number of methoxy groups -OCH3 is 1. The third-order valence-electron chi connectivity index (χ3n) is 3.81. The summed E-state index contributed by atoms with van der Waals surface area (Å²) >= 11 is 0. The van der Waals surface area contributed by atoms with Gasteiger partial charge in [-0.25, -0.2) is 0 Å². The minimum absolute atomic E-state index is 0.483. The summed E-state index contributed by atoms with van der Waals surface area (Å²) in [6.45, 7) is 0. The van der Waals surface area contributed by atoms with Crippen LogP contribution in [-0.4, -0.2) is 25.3 Å². The number of nitrogens with one attached hydrogen (secondary N) is 1. The summed E-state index contributed by atoms with van der Waals surface area (Å²) in [5.41, 5.74) is 0. The smallest absolute Gasteiger partial charge is 0.0724 e. The molecule has 2 atom stereocenters. The fraction of sp³-hybridized carbons (Fsp3) is 1.00. The fourth-order valence-electron chi connectivity index (χ4n) is 2.97. The second-order valence-corrected chi connectivity index (χ2v) is 4.81. The van der Waals surface area contributed by atoms with Crippen molar-refractivity contribution in [2.24, 2.45) is 0 Å². The van der Waals surface area contributed by atoms with Gasteiger partial charge in [0, 0.05) is 19.2 Å². The average Bonchev–Trinajstić information content (AvgIpc) is 2.67. The molecule has 0 unspecified atom stereocenters. The van der Waals surface area contributed by atoms with Gasteiger partial charge in [-0.2, -0.15) is 0 Å². The molecule has 0 amide bonds. The molecule has 14 heavy (non-hydrogen) atoms. The standard InChI is InChI=1S/C12H23NO/c1-14-12-9-5-8-11(12)13-10-6-3-2-4-7-10/h10-13H,2-9H2,1H3/t11-,12-/m0/s1. The molecular formula is C12H23NO. The van der Waals surface area contributed by atoms with Gasteiger partial charge in [-0.15, -0.1) is 0 Å². The van der Waals surface area contributed by atoms with Crippen LogP contribution in [0.3, 0.4) is 0 Å². The zero-order valence-electron chi connectivity index (χ0n) is 9.30. The number of rotatable bonds is 3. The van der Waals surface area contributed by atoms with Gasteiger partial charge < -0.3 is 10.1 Å². The minimum atomic E-state index is 0.483. The molecular weight excluding hydrogens is 174 g/mol. The van der Waals surface area contributed by atoms with Crippen LogP contribution in [0.4, 0.5) is 0 Å². The largest absolute Gasteiger partial charge is 0.380 e. The van der Waals surface area contributed by atoms with Crippen molar-refractivity contribution in [1.82, 2.24) is 5.32 Å². The SMILES string of the molecule is CO[C@H]1CCC[C@@H]1NC1CCCCC1. The number of hydrogen-bond donors (Lipinski definition) is 1. The Morgan fingerprint density at radius 1 is 0.929 bits per heavy atom. The van der Waals surface area contributed by atoms with Crippen molar-refractivity contribution in [2.45, 2.75) is 69.6 Å². The van der Waals surface area contributed by atoms with Crippen molar-refractivity contribution in [3.8, 4) is 0 Å². The van der Waals surface area contributed by atoms with Gasteiger partial charge in [-0.1, -0.05) is 19.3 Å². The lowest BCUT2D eigenvalue weighted by molar-refractivity contribution is 0.0791. The van der Waals surface area contributed by atoms with E-state index in [1.807, 2.05) is 7.11 Å². The summed E-state index contributed by atoms with van der Waals surface area (Å²) in [6.07, 6.45) is 11.4. The number of hydrogen-bond acceptors (Lipinski definition) is 2. The summed E-state index contributed by atoms with van der Waals surface area (Å²) in [5.74, 6) is 0. The Morgan fingerprint density at radius 2 is 1.71 bits per heavy atom. The molecule has 0 heterocycles. The zero-order chi connectivity index (χ0) is 9.80. The van der Waals surface area contributed by atoms with Crippen molar-refractivity contribution in [3.05, 3.63) is 0 Å². The molecule has 0 aliphatic heterocycles. The topological polar surface area (TPSA) is 21.3 Å². The van der Waals surface area contributed by atoms with Gasteiger partial charge in [-0.05, 0) is 32.1 Å². The second kappa shape index (κ2) is 5.13. The summed E-state index contributed by atoms with van der Waals surface area (Å²) < 4.78 is 5.50. The Kier molecular flexibility index (Phi) is 3.82. The lowest BCUT2D eigenvalue weighted by Gasteiger charge is -2.29. The molecule has 0 aromatic heterocycles. The molecule has 0 aromatic carbocycles. The van der Waals surface area contributed by atoms with Crippen LogP contribution in [0.5, 0.6) is 0 Å². The van der Waals surface area contributed by atoms with Gasteiger partial charge >= 0.3 is 0 Å². The van der Waals surface area contributed by atoms with Crippen LogP contribution in [0.1, 0.15) is 51.4 Å². The molecule has 2 aliphatic rings. The lowest BCUT2D eigenvalue weighted by atomic mass is 9.94. The van der Waals surface area contributed by atoms with Crippen molar-refractivity contribution in [3.63, 3.8) is 0 Å². The Balaban J connectivity index is 1.77. The predicted octanol–water partition coefficient (Wildman–Crippen LogP) is 2.48. The molecule has 1 N–H and O–H groups in total. The van der Waals surface area contributed by atoms with E-state index in [0.29, 0.717) is 12.1 Å². The van der Waals surface area contributed by atoms with Crippen LogP contribution in [0.15, 0.2) is 0 Å². The second-order valence-electron chi connectivity index (χ2n) is 4.81. The molecule has 0 spiro atoms. The third-order valence-corrected chi connectivity index (χ3v) is 3.81. The maximum absolute atomic E-state index is 5.50. The first-order valence-electron chi connectivity index (χ1n) is 6.19. The van der Waals surface area contributed by atoms with E-state index < -0.39 is 0 Å². The first-order chi connectivity index (χ1) is 6.90. The Bertz CT molecular complexity index is 166. The monoisotopic (exact) mass is 197 g/mol. The van der Waals surface area contributed by atoms with Gasteiger partial charge in [0.15, 0.2) is 0 Å². The van der Waals surface area contributed by atoms with E-state index in [0.717, 1.165) is 6.04 Å². The first kappa shape index (κ1) is 10.4. The zero-order valence-corrected chi connectivity index (χ0v) is 9.30. The average molecular weight is 197 g/mol. The minimum Gasteiger partial charge on any atom is -0.380 e. The molecule has 0 aromatic rings. The van der Waals surface area contributed by atoms with Crippen LogP contribution in [-0.2, 0) is 4.74 Å². The molecule has 2 fully saturated rings. The Morgan fingerprint density at radius 3 is 2.43 bits per heavy atom. The van der Waals surface area contributed by atoms with Gasteiger partial charge in [-0.3, -0.25) is 0 Å². The van der Waals surface area contributed by atoms with E-state index in [2.05, 4.69) is 5.32 Å². The molecule has 2 nitrogen and oxygen atoms in total. The summed E-state index contributed by atoms with van der Waals surface area (Å²) in [7, 11) is 1.85. The first-order valence-corrected chi connectivity index (χ1v) is 6.19. The van der Waals surface area contributed by atoms with E-state index in [-0.39, 0.29) is 0 Å². The third kappa shape index (κ3) is 2.48. The molecule has 0 saturated heterocycles. The van der Waals surface area contributed by atoms with Crippen LogP contribution in [0.25, 0.3) is 0 Å². The van der Waals surface area contributed by atoms with Crippen molar-refractivity contribution in [1.29, 1.82) is 0 Å². The van der Waals surface area contributed by atoms with E-state index >= 15 is 0 Å². The Labute approximate surface area is 87.4 Å². The van der Waals surface area contributed by atoms with E-state index in [4.69, 9.17) is 4.74 Å². The summed E-state index contributed by atoms with van der Waals surface area (Å²) in [6, 6.07) is 1.42. The molecule has 2 heteroatoms. The maximum Gasteiger partial charge on any atom is 0.0724 e. The van der Waals surface area contributed by atoms with Crippen molar-refractivity contribution >= 4 is 0 Å². The van der Waals surface area contributed by atoms with Crippen molar-refractivity contribution < 1.29 is 4.74 Å². The van der Waals surface area contributed by atoms with Crippen LogP contribution >= 0.6 is 0 Å². The molecule has 2 saturated carbocycles. The molecule has 0 bridgehead atoms. The highest BCUT2D eigenvalue weighted by Gasteiger charge is 2.29.